The van der Waals surface area contributed by atoms with Gasteiger partial charge in [0, 0.05) is 29.6 Å². The molecule has 1 aromatic carbocycles. The Morgan fingerprint density at radius 2 is 1.86 bits per heavy atom. The van der Waals surface area contributed by atoms with Gasteiger partial charge in [0.2, 0.25) is 11.2 Å². The average Bonchev–Trinajstić information content (AvgIpc) is 3.24. The highest BCUT2D eigenvalue weighted by atomic mass is 35.5. The van der Waals surface area contributed by atoms with E-state index < -0.39 is 0 Å². The maximum absolute atomic E-state index is 12.4. The van der Waals surface area contributed by atoms with Crippen LogP contribution in [0.25, 0.3) is 0 Å². The Bertz CT molecular complexity index is 858. The predicted octanol–water partition coefficient (Wildman–Crippen LogP) is 0.256. The molecule has 0 atom stereocenters. The van der Waals surface area contributed by atoms with Crippen molar-refractivity contribution in [3.05, 3.63) is 57.6 Å². The summed E-state index contributed by atoms with van der Waals surface area (Å²) in [5.41, 5.74) is 1.08. The van der Waals surface area contributed by atoms with Gasteiger partial charge in [-0.05, 0) is 18.2 Å². The summed E-state index contributed by atoms with van der Waals surface area (Å²) in [6.07, 6.45) is 4.07. The summed E-state index contributed by atoms with van der Waals surface area (Å²) in [5, 5.41) is 0.767. The Hall–Kier alpha value is -2.02. The zero-order valence-corrected chi connectivity index (χ0v) is 17.5. The SMILES string of the molecule is O=c1cc(C[NH+]2CCN(c3cccc(Cl)c3)CC2)occ1OCC[NH+]1CCCC1. The van der Waals surface area contributed by atoms with E-state index in [1.54, 1.807) is 11.0 Å². The highest BCUT2D eigenvalue weighted by molar-refractivity contribution is 6.30. The minimum absolute atomic E-state index is 0.0837. The maximum Gasteiger partial charge on any atom is 0.227 e. The number of likely N-dealkylation sites (tertiary alicyclic amines) is 1. The quantitative estimate of drug-likeness (QED) is 0.676. The molecular weight excluding hydrogens is 390 g/mol. The molecule has 0 bridgehead atoms. The molecule has 29 heavy (non-hydrogen) atoms. The molecular formula is C22H30ClN3O3+2. The smallest absolute Gasteiger partial charge is 0.227 e. The molecule has 7 heteroatoms. The van der Waals surface area contributed by atoms with Gasteiger partial charge in [0.25, 0.3) is 0 Å². The third-order valence-corrected chi connectivity index (χ3v) is 6.18. The topological polar surface area (TPSA) is 51.6 Å². The van der Waals surface area contributed by atoms with E-state index in [0.29, 0.717) is 12.4 Å². The summed E-state index contributed by atoms with van der Waals surface area (Å²) >= 11 is 6.11. The number of benzene rings is 1. The summed E-state index contributed by atoms with van der Waals surface area (Å²) in [5.74, 6) is 1.05. The second-order valence-electron chi connectivity index (χ2n) is 8.02. The van der Waals surface area contributed by atoms with Crippen LogP contribution in [0.3, 0.4) is 0 Å². The number of anilines is 1. The van der Waals surface area contributed by atoms with E-state index in [1.807, 2.05) is 18.2 Å². The van der Waals surface area contributed by atoms with E-state index >= 15 is 0 Å². The van der Waals surface area contributed by atoms with Crippen LogP contribution in [0.2, 0.25) is 5.02 Å². The second kappa shape index (κ2) is 9.65. The van der Waals surface area contributed by atoms with E-state index in [0.717, 1.165) is 50.1 Å². The lowest BCUT2D eigenvalue weighted by Gasteiger charge is -2.33. The van der Waals surface area contributed by atoms with Crippen LogP contribution >= 0.6 is 11.6 Å². The minimum Gasteiger partial charge on any atom is -0.481 e. The van der Waals surface area contributed by atoms with E-state index in [1.165, 1.54) is 42.8 Å². The fourth-order valence-electron chi connectivity index (χ4n) is 4.24. The van der Waals surface area contributed by atoms with Crippen molar-refractivity contribution in [2.75, 3.05) is 57.3 Å². The molecule has 0 aliphatic carbocycles. The maximum atomic E-state index is 12.4. The Kier molecular flexibility index (Phi) is 6.74. The standard InChI is InChI=1S/C22H28ClN3O3/c23-18-4-3-5-19(14-18)26-10-8-25(9-11-26)16-20-15-21(27)22(17-29-20)28-13-12-24-6-1-2-7-24/h3-5,14-15,17H,1-2,6-13,16H2/p+2. The molecule has 2 saturated heterocycles. The van der Waals surface area contributed by atoms with Crippen LogP contribution in [-0.2, 0) is 6.54 Å². The van der Waals surface area contributed by atoms with E-state index in [-0.39, 0.29) is 5.43 Å². The van der Waals surface area contributed by atoms with Crippen LogP contribution in [0.1, 0.15) is 18.6 Å². The molecule has 0 amide bonds. The number of halogens is 1. The molecule has 2 aromatic rings. The minimum atomic E-state index is -0.0837. The molecule has 2 aliphatic rings. The molecule has 0 saturated carbocycles. The Morgan fingerprint density at radius 1 is 1.07 bits per heavy atom. The first kappa shape index (κ1) is 20.3. The van der Waals surface area contributed by atoms with Gasteiger partial charge in [-0.3, -0.25) is 4.79 Å². The zero-order valence-electron chi connectivity index (χ0n) is 16.8. The zero-order chi connectivity index (χ0) is 20.1. The second-order valence-corrected chi connectivity index (χ2v) is 8.46. The van der Waals surface area contributed by atoms with Crippen molar-refractivity contribution in [1.29, 1.82) is 0 Å². The van der Waals surface area contributed by atoms with Crippen molar-refractivity contribution < 1.29 is 19.0 Å². The van der Waals surface area contributed by atoms with Gasteiger partial charge in [0.1, 0.15) is 26.0 Å². The van der Waals surface area contributed by atoms with Crippen LogP contribution in [0.15, 0.2) is 45.8 Å². The predicted molar refractivity (Wildman–Crippen MR) is 113 cm³/mol. The van der Waals surface area contributed by atoms with Crippen LogP contribution in [0.5, 0.6) is 5.75 Å². The molecule has 2 fully saturated rings. The lowest BCUT2D eigenvalue weighted by Crippen LogP contribution is -3.13. The molecule has 4 rings (SSSR count). The number of rotatable bonds is 7. The summed E-state index contributed by atoms with van der Waals surface area (Å²) in [7, 11) is 0. The summed E-state index contributed by atoms with van der Waals surface area (Å²) in [4.78, 5) is 17.7. The van der Waals surface area contributed by atoms with Gasteiger partial charge in [0.05, 0.1) is 39.3 Å². The van der Waals surface area contributed by atoms with Gasteiger partial charge < -0.3 is 23.9 Å². The highest BCUT2D eigenvalue weighted by Crippen LogP contribution is 2.19. The lowest BCUT2D eigenvalue weighted by atomic mass is 10.2. The molecule has 156 valence electrons. The van der Waals surface area contributed by atoms with E-state index in [2.05, 4.69) is 11.0 Å². The molecule has 3 heterocycles. The Balaban J connectivity index is 1.25. The number of hydrogen-bond donors (Lipinski definition) is 2. The molecule has 0 radical (unpaired) electrons. The molecule has 1 aromatic heterocycles. The fourth-order valence-corrected chi connectivity index (χ4v) is 4.43. The van der Waals surface area contributed by atoms with Gasteiger partial charge in [-0.1, -0.05) is 17.7 Å². The molecule has 6 nitrogen and oxygen atoms in total. The summed E-state index contributed by atoms with van der Waals surface area (Å²) in [6.45, 7) is 8.56. The van der Waals surface area contributed by atoms with Gasteiger partial charge >= 0.3 is 0 Å². The van der Waals surface area contributed by atoms with Crippen LogP contribution < -0.4 is 24.9 Å². The van der Waals surface area contributed by atoms with Crippen molar-refractivity contribution in [2.45, 2.75) is 19.4 Å². The first-order valence-electron chi connectivity index (χ1n) is 10.6. The summed E-state index contributed by atoms with van der Waals surface area (Å²) < 4.78 is 11.4. The van der Waals surface area contributed by atoms with Gasteiger partial charge in [0.15, 0.2) is 5.76 Å². The Morgan fingerprint density at radius 3 is 2.59 bits per heavy atom. The number of ether oxygens (including phenoxy) is 1. The fraction of sp³-hybridized carbons (Fsp3) is 0.500. The van der Waals surface area contributed by atoms with Crippen molar-refractivity contribution in [1.82, 2.24) is 0 Å². The van der Waals surface area contributed by atoms with E-state index in [4.69, 9.17) is 20.8 Å². The number of hydrogen-bond acceptors (Lipinski definition) is 4. The van der Waals surface area contributed by atoms with E-state index in [9.17, 15) is 4.79 Å². The highest BCUT2D eigenvalue weighted by Gasteiger charge is 2.22. The molecule has 0 unspecified atom stereocenters. The number of piperazine rings is 1. The van der Waals surface area contributed by atoms with Crippen molar-refractivity contribution >= 4 is 17.3 Å². The average molecular weight is 420 g/mol. The molecule has 0 spiro atoms. The summed E-state index contributed by atoms with van der Waals surface area (Å²) in [6, 6.07) is 9.58. The first-order chi connectivity index (χ1) is 14.2. The largest absolute Gasteiger partial charge is 0.481 e. The lowest BCUT2D eigenvalue weighted by molar-refractivity contribution is -0.915. The van der Waals surface area contributed by atoms with Crippen molar-refractivity contribution in [3.63, 3.8) is 0 Å². The number of nitrogens with zero attached hydrogens (tertiary/aromatic N) is 1. The molecule has 2 aliphatic heterocycles. The van der Waals surface area contributed by atoms with Gasteiger partial charge in [-0.2, -0.15) is 0 Å². The third kappa shape index (κ3) is 5.53. The van der Waals surface area contributed by atoms with Gasteiger partial charge in [-0.25, -0.2) is 0 Å². The monoisotopic (exact) mass is 419 g/mol. The molecule has 2 N–H and O–H groups in total. The van der Waals surface area contributed by atoms with Crippen LogP contribution in [-0.4, -0.2) is 52.4 Å². The number of quaternary nitrogens is 2. The van der Waals surface area contributed by atoms with Crippen molar-refractivity contribution in [3.8, 4) is 5.75 Å². The van der Waals surface area contributed by atoms with Crippen LogP contribution in [0.4, 0.5) is 5.69 Å². The first-order valence-corrected chi connectivity index (χ1v) is 11.0. The van der Waals surface area contributed by atoms with Crippen LogP contribution in [0, 0.1) is 0 Å². The number of nitrogens with one attached hydrogen (secondary N) is 2. The Labute approximate surface area is 176 Å². The van der Waals surface area contributed by atoms with Crippen molar-refractivity contribution in [2.24, 2.45) is 0 Å². The third-order valence-electron chi connectivity index (χ3n) is 5.94. The van der Waals surface area contributed by atoms with Gasteiger partial charge in [-0.15, -0.1) is 0 Å². The normalized spacial score (nSPS) is 18.3.